The fraction of sp³-hybridized carbons (Fsp3) is 0.217. The van der Waals surface area contributed by atoms with Gasteiger partial charge in [0, 0.05) is 28.4 Å². The summed E-state index contributed by atoms with van der Waals surface area (Å²) in [4.78, 5) is 16.8. The normalized spacial score (nSPS) is 11.1. The number of thiazole rings is 1. The van der Waals surface area contributed by atoms with Crippen LogP contribution in [-0.4, -0.2) is 17.4 Å². The number of nitrogens with one attached hydrogen (secondary N) is 1. The highest BCUT2D eigenvalue weighted by molar-refractivity contribution is 7.09. The van der Waals surface area contributed by atoms with Crippen molar-refractivity contribution in [3.8, 4) is 11.3 Å². The van der Waals surface area contributed by atoms with Gasteiger partial charge in [0.1, 0.15) is 5.58 Å². The van der Waals surface area contributed by atoms with E-state index in [1.807, 2.05) is 32.0 Å². The molecule has 0 spiro atoms. The van der Waals surface area contributed by atoms with E-state index in [2.05, 4.69) is 39.9 Å². The predicted molar refractivity (Wildman–Crippen MR) is 114 cm³/mol. The molecular formula is C23H22N2O2S. The van der Waals surface area contributed by atoms with Crippen molar-refractivity contribution >= 4 is 28.2 Å². The Bertz CT molecular complexity index is 1110. The molecule has 1 N–H and O–H groups in total. The first kappa shape index (κ1) is 18.4. The summed E-state index contributed by atoms with van der Waals surface area (Å²) >= 11 is 1.66. The maximum Gasteiger partial charge on any atom is 0.224 e. The Hall–Kier alpha value is -2.92. The zero-order valence-electron chi connectivity index (χ0n) is 16.0. The quantitative estimate of drug-likeness (QED) is 0.500. The van der Waals surface area contributed by atoms with Gasteiger partial charge >= 0.3 is 0 Å². The lowest BCUT2D eigenvalue weighted by molar-refractivity contribution is -0.120. The highest BCUT2D eigenvalue weighted by Crippen LogP contribution is 2.23. The van der Waals surface area contributed by atoms with Gasteiger partial charge in [-0.3, -0.25) is 4.79 Å². The number of hydrogen-bond donors (Lipinski definition) is 1. The van der Waals surface area contributed by atoms with E-state index >= 15 is 0 Å². The number of carbonyl (C=O) groups excluding carboxylic acids is 1. The Morgan fingerprint density at radius 3 is 2.71 bits per heavy atom. The molecular weight excluding hydrogens is 368 g/mol. The molecule has 0 atom stereocenters. The molecule has 0 saturated heterocycles. The topological polar surface area (TPSA) is 55.1 Å². The number of fused-ring (bicyclic) bond motifs is 1. The predicted octanol–water partition coefficient (Wildman–Crippen LogP) is 5.07. The van der Waals surface area contributed by atoms with Gasteiger partial charge in [0.05, 0.1) is 23.4 Å². The molecule has 0 fully saturated rings. The van der Waals surface area contributed by atoms with Gasteiger partial charge in [-0.2, -0.15) is 0 Å². The number of amides is 1. The molecule has 4 rings (SSSR count). The van der Waals surface area contributed by atoms with Crippen LogP contribution in [0.1, 0.15) is 21.7 Å². The lowest BCUT2D eigenvalue weighted by Crippen LogP contribution is -2.27. The van der Waals surface area contributed by atoms with E-state index in [-0.39, 0.29) is 5.91 Å². The fourth-order valence-electron chi connectivity index (χ4n) is 3.25. The summed E-state index contributed by atoms with van der Waals surface area (Å²) in [5.74, 6) is 0.0119. The molecule has 1 amide bonds. The van der Waals surface area contributed by atoms with Crippen LogP contribution in [-0.2, 0) is 17.6 Å². The van der Waals surface area contributed by atoms with Gasteiger partial charge < -0.3 is 9.73 Å². The second-order valence-corrected chi connectivity index (χ2v) is 8.05. The second-order valence-electron chi connectivity index (χ2n) is 6.99. The molecule has 0 bridgehead atoms. The number of rotatable bonds is 6. The summed E-state index contributed by atoms with van der Waals surface area (Å²) in [5, 5.41) is 7.16. The summed E-state index contributed by atoms with van der Waals surface area (Å²) in [6, 6.07) is 14.4. The zero-order chi connectivity index (χ0) is 19.5. The molecule has 2 aromatic carbocycles. The van der Waals surface area contributed by atoms with E-state index in [0.717, 1.165) is 44.8 Å². The van der Waals surface area contributed by atoms with Crippen molar-refractivity contribution in [2.75, 3.05) is 6.54 Å². The van der Waals surface area contributed by atoms with Crippen LogP contribution in [0.3, 0.4) is 0 Å². The van der Waals surface area contributed by atoms with Gasteiger partial charge in [-0.05, 0) is 37.5 Å². The number of hydrogen-bond acceptors (Lipinski definition) is 4. The monoisotopic (exact) mass is 390 g/mol. The molecule has 2 aromatic heterocycles. The number of benzene rings is 2. The Morgan fingerprint density at radius 2 is 1.96 bits per heavy atom. The third kappa shape index (κ3) is 4.15. The molecule has 2 heterocycles. The minimum Gasteiger partial charge on any atom is -0.464 e. The fourth-order valence-corrected chi connectivity index (χ4v) is 3.87. The van der Waals surface area contributed by atoms with E-state index in [9.17, 15) is 4.79 Å². The average Bonchev–Trinajstić information content (AvgIpc) is 3.28. The van der Waals surface area contributed by atoms with Gasteiger partial charge in [0.25, 0.3) is 0 Å². The first-order valence-electron chi connectivity index (χ1n) is 9.33. The van der Waals surface area contributed by atoms with Crippen molar-refractivity contribution in [2.45, 2.75) is 26.7 Å². The largest absolute Gasteiger partial charge is 0.464 e. The maximum absolute atomic E-state index is 12.3. The van der Waals surface area contributed by atoms with Crippen LogP contribution in [0.4, 0.5) is 0 Å². The van der Waals surface area contributed by atoms with E-state index < -0.39 is 0 Å². The van der Waals surface area contributed by atoms with Crippen LogP contribution in [0, 0.1) is 13.8 Å². The van der Waals surface area contributed by atoms with Crippen LogP contribution in [0.5, 0.6) is 0 Å². The van der Waals surface area contributed by atoms with Crippen LogP contribution < -0.4 is 5.32 Å². The molecule has 0 aliphatic heterocycles. The third-order valence-electron chi connectivity index (χ3n) is 4.77. The number of nitrogens with zero attached hydrogens (tertiary/aromatic N) is 1. The number of aryl methyl sites for hydroxylation is 2. The molecule has 0 aliphatic carbocycles. The van der Waals surface area contributed by atoms with Gasteiger partial charge in [0.15, 0.2) is 0 Å². The molecule has 0 aliphatic rings. The Kier molecular flexibility index (Phi) is 5.26. The highest BCUT2D eigenvalue weighted by atomic mass is 32.1. The minimum absolute atomic E-state index is 0.0119. The molecule has 5 heteroatoms. The van der Waals surface area contributed by atoms with Crippen molar-refractivity contribution in [1.29, 1.82) is 0 Å². The average molecular weight is 391 g/mol. The van der Waals surface area contributed by atoms with Crippen LogP contribution in [0.15, 0.2) is 58.5 Å². The van der Waals surface area contributed by atoms with Gasteiger partial charge in [0.2, 0.25) is 5.91 Å². The van der Waals surface area contributed by atoms with Gasteiger partial charge in [-0.1, -0.05) is 36.4 Å². The van der Waals surface area contributed by atoms with Gasteiger partial charge in [-0.15, -0.1) is 11.3 Å². The lowest BCUT2D eigenvalue weighted by atomic mass is 10.1. The summed E-state index contributed by atoms with van der Waals surface area (Å²) in [7, 11) is 0. The molecule has 28 heavy (non-hydrogen) atoms. The third-order valence-corrected chi connectivity index (χ3v) is 5.54. The minimum atomic E-state index is 0.0119. The molecule has 0 radical (unpaired) electrons. The van der Waals surface area contributed by atoms with E-state index in [1.54, 1.807) is 17.6 Å². The maximum atomic E-state index is 12.3. The summed E-state index contributed by atoms with van der Waals surface area (Å²) in [5.41, 5.74) is 6.24. The zero-order valence-corrected chi connectivity index (χ0v) is 16.8. The smallest absolute Gasteiger partial charge is 0.224 e. The Morgan fingerprint density at radius 1 is 1.14 bits per heavy atom. The van der Waals surface area contributed by atoms with Crippen molar-refractivity contribution < 1.29 is 9.21 Å². The molecule has 4 nitrogen and oxygen atoms in total. The molecule has 142 valence electrons. The molecule has 4 aromatic rings. The number of carbonyl (C=O) groups is 1. The van der Waals surface area contributed by atoms with E-state index in [0.29, 0.717) is 13.0 Å². The SMILES string of the molecule is Cc1ccc2c(CC(=O)NCCc3ccc(-c4csc(C)n4)cc3)coc2c1. The lowest BCUT2D eigenvalue weighted by Gasteiger charge is -2.06. The van der Waals surface area contributed by atoms with Gasteiger partial charge in [-0.25, -0.2) is 4.98 Å². The van der Waals surface area contributed by atoms with Crippen LogP contribution in [0.2, 0.25) is 0 Å². The summed E-state index contributed by atoms with van der Waals surface area (Å²) in [6.45, 7) is 4.65. The Labute approximate surface area is 168 Å². The number of furan rings is 1. The van der Waals surface area contributed by atoms with Crippen LogP contribution >= 0.6 is 11.3 Å². The van der Waals surface area contributed by atoms with Crippen molar-refractivity contribution in [3.63, 3.8) is 0 Å². The summed E-state index contributed by atoms with van der Waals surface area (Å²) < 4.78 is 5.57. The van der Waals surface area contributed by atoms with E-state index in [4.69, 9.17) is 4.42 Å². The molecule has 0 saturated carbocycles. The van der Waals surface area contributed by atoms with Crippen molar-refractivity contribution in [3.05, 3.63) is 75.8 Å². The summed E-state index contributed by atoms with van der Waals surface area (Å²) in [6.07, 6.45) is 2.81. The van der Waals surface area contributed by atoms with Crippen LogP contribution in [0.25, 0.3) is 22.2 Å². The second kappa shape index (κ2) is 7.98. The highest BCUT2D eigenvalue weighted by Gasteiger charge is 2.10. The molecule has 0 unspecified atom stereocenters. The van der Waals surface area contributed by atoms with Crippen molar-refractivity contribution in [1.82, 2.24) is 10.3 Å². The van der Waals surface area contributed by atoms with E-state index in [1.165, 1.54) is 5.56 Å². The van der Waals surface area contributed by atoms with Crippen molar-refractivity contribution in [2.24, 2.45) is 0 Å². The number of aromatic nitrogens is 1. The Balaban J connectivity index is 1.30. The first-order valence-corrected chi connectivity index (χ1v) is 10.2. The first-order chi connectivity index (χ1) is 13.6. The standard InChI is InChI=1S/C23H22N2O2S/c1-15-3-8-20-19(13-27-22(20)11-15)12-23(26)24-10-9-17-4-6-18(7-5-17)21-14-28-16(2)25-21/h3-8,11,13-14H,9-10,12H2,1-2H3,(H,24,26).